The molecule has 1 fully saturated rings. The maximum absolute atomic E-state index is 13.5. The smallest absolute Gasteiger partial charge is 0.277 e. The monoisotopic (exact) mass is 479 g/mol. The van der Waals surface area contributed by atoms with Crippen LogP contribution in [0, 0.1) is 0 Å². The zero-order chi connectivity index (χ0) is 24.7. The number of hydrogen-bond acceptors (Lipinski definition) is 7. The molecule has 2 aliphatic heterocycles. The molecule has 1 unspecified atom stereocenters. The van der Waals surface area contributed by atoms with Crippen LogP contribution in [0.15, 0.2) is 34.9 Å². The van der Waals surface area contributed by atoms with Gasteiger partial charge in [0.05, 0.1) is 11.7 Å². The number of amides is 2. The van der Waals surface area contributed by atoms with Gasteiger partial charge in [-0.2, -0.15) is 5.10 Å². The van der Waals surface area contributed by atoms with Crippen LogP contribution < -0.4 is 14.8 Å². The summed E-state index contributed by atoms with van der Waals surface area (Å²) in [6.07, 6.45) is 2.58. The Balaban J connectivity index is 1.34. The number of aromatic nitrogens is 3. The van der Waals surface area contributed by atoms with Crippen LogP contribution in [0.5, 0.6) is 11.5 Å². The van der Waals surface area contributed by atoms with E-state index >= 15 is 0 Å². The van der Waals surface area contributed by atoms with E-state index in [0.29, 0.717) is 35.2 Å². The highest BCUT2D eigenvalue weighted by atomic mass is 16.7. The average molecular weight is 480 g/mol. The molecule has 10 nitrogen and oxygen atoms in total. The fourth-order valence-electron chi connectivity index (χ4n) is 4.37. The van der Waals surface area contributed by atoms with Gasteiger partial charge in [0.2, 0.25) is 6.79 Å². The molecule has 1 N–H and O–H groups in total. The van der Waals surface area contributed by atoms with E-state index in [1.54, 1.807) is 40.9 Å². The van der Waals surface area contributed by atoms with E-state index in [4.69, 9.17) is 14.0 Å². The molecule has 2 aliphatic rings. The molecule has 1 atom stereocenters. The molecule has 5 rings (SSSR count). The van der Waals surface area contributed by atoms with E-state index in [2.05, 4.69) is 36.3 Å². The largest absolute Gasteiger partial charge is 0.454 e. The fraction of sp³-hybridized carbons (Fsp3) is 0.440. The number of nitrogens with one attached hydrogen (secondary N) is 1. The summed E-state index contributed by atoms with van der Waals surface area (Å²) < 4.78 is 17.9. The molecule has 2 aromatic heterocycles. The lowest BCUT2D eigenvalue weighted by molar-refractivity contribution is 0.0558. The zero-order valence-corrected chi connectivity index (χ0v) is 20.3. The van der Waals surface area contributed by atoms with Crippen molar-refractivity contribution in [2.75, 3.05) is 18.7 Å². The Labute approximate surface area is 203 Å². The number of likely N-dealkylation sites (tertiary alicyclic amines) is 1. The van der Waals surface area contributed by atoms with Gasteiger partial charge in [0, 0.05) is 36.8 Å². The van der Waals surface area contributed by atoms with Crippen molar-refractivity contribution in [3.63, 3.8) is 0 Å². The molecule has 0 spiro atoms. The summed E-state index contributed by atoms with van der Waals surface area (Å²) in [5.74, 6) is 1.19. The van der Waals surface area contributed by atoms with Crippen LogP contribution in [-0.4, -0.2) is 45.0 Å². The Hall–Kier alpha value is -3.82. The summed E-state index contributed by atoms with van der Waals surface area (Å²) in [6, 6.07) is 8.34. The first kappa shape index (κ1) is 22.9. The molecule has 1 saturated heterocycles. The average Bonchev–Trinajstić information content (AvgIpc) is 3.57. The molecule has 0 bridgehead atoms. The summed E-state index contributed by atoms with van der Waals surface area (Å²) >= 11 is 0. The minimum absolute atomic E-state index is 0.108. The Kier molecular flexibility index (Phi) is 5.74. The summed E-state index contributed by atoms with van der Waals surface area (Å²) in [5, 5.41) is 11.3. The number of carbonyl (C=O) groups is 2. The predicted molar refractivity (Wildman–Crippen MR) is 127 cm³/mol. The zero-order valence-electron chi connectivity index (χ0n) is 20.3. The number of carbonyl (C=O) groups excluding carboxylic acids is 2. The van der Waals surface area contributed by atoms with Crippen LogP contribution in [0.1, 0.15) is 78.5 Å². The van der Waals surface area contributed by atoms with E-state index < -0.39 is 5.91 Å². The number of nitrogens with zero attached hydrogens (tertiary/aromatic N) is 4. The molecule has 10 heteroatoms. The van der Waals surface area contributed by atoms with Gasteiger partial charge in [-0.15, -0.1) is 0 Å². The van der Waals surface area contributed by atoms with Crippen LogP contribution in [0.25, 0.3) is 0 Å². The van der Waals surface area contributed by atoms with E-state index in [-0.39, 0.29) is 29.9 Å². The number of rotatable bonds is 4. The topological polar surface area (TPSA) is 112 Å². The lowest BCUT2D eigenvalue weighted by atomic mass is 9.92. The second-order valence-corrected chi connectivity index (χ2v) is 9.94. The van der Waals surface area contributed by atoms with Gasteiger partial charge in [-0.3, -0.25) is 14.3 Å². The first-order chi connectivity index (χ1) is 16.7. The summed E-state index contributed by atoms with van der Waals surface area (Å²) in [7, 11) is 1.79. The molecule has 184 valence electrons. The van der Waals surface area contributed by atoms with Gasteiger partial charge >= 0.3 is 0 Å². The van der Waals surface area contributed by atoms with Crippen LogP contribution in [0.3, 0.4) is 0 Å². The lowest BCUT2D eigenvalue weighted by Gasteiger charge is -2.34. The number of ether oxygens (including phenoxy) is 2. The van der Waals surface area contributed by atoms with Crippen molar-refractivity contribution in [3.8, 4) is 11.5 Å². The Morgan fingerprint density at radius 3 is 2.66 bits per heavy atom. The fourth-order valence-corrected chi connectivity index (χ4v) is 4.37. The van der Waals surface area contributed by atoms with E-state index in [1.807, 2.05) is 6.07 Å². The third-order valence-corrected chi connectivity index (χ3v) is 6.35. The third kappa shape index (κ3) is 4.48. The number of fused-ring (bicyclic) bond motifs is 1. The highest BCUT2D eigenvalue weighted by molar-refractivity contribution is 6.03. The molecule has 2 amide bonds. The van der Waals surface area contributed by atoms with Crippen molar-refractivity contribution in [1.82, 2.24) is 19.8 Å². The first-order valence-electron chi connectivity index (χ1n) is 11.7. The molecule has 0 saturated carbocycles. The van der Waals surface area contributed by atoms with Crippen LogP contribution in [0.4, 0.5) is 5.69 Å². The standard InChI is InChI=1S/C25H29N5O5/c1-25(2,3)22-13-18(29(4)27-22)24(32)30-10-6-5-7-17(30)20-12-16(28-35-20)23(31)26-15-8-9-19-21(11-15)34-14-33-19/h8-9,11-13,17H,5-7,10,14H2,1-4H3,(H,26,31). The van der Waals surface area contributed by atoms with Gasteiger partial charge in [-0.25, -0.2) is 0 Å². The van der Waals surface area contributed by atoms with Crippen LogP contribution >= 0.6 is 0 Å². The van der Waals surface area contributed by atoms with Gasteiger partial charge in [-0.1, -0.05) is 25.9 Å². The minimum atomic E-state index is -0.408. The molecular weight excluding hydrogens is 450 g/mol. The number of aryl methyl sites for hydroxylation is 1. The number of anilines is 1. The van der Waals surface area contributed by atoms with Gasteiger partial charge in [0.1, 0.15) is 5.69 Å². The van der Waals surface area contributed by atoms with Crippen molar-refractivity contribution in [2.24, 2.45) is 7.05 Å². The van der Waals surface area contributed by atoms with Gasteiger partial charge in [0.15, 0.2) is 23.0 Å². The first-order valence-corrected chi connectivity index (χ1v) is 11.7. The molecule has 0 radical (unpaired) electrons. The molecule has 3 aromatic rings. The molecule has 0 aliphatic carbocycles. The Bertz CT molecular complexity index is 1270. The van der Waals surface area contributed by atoms with Crippen LogP contribution in [-0.2, 0) is 12.5 Å². The van der Waals surface area contributed by atoms with Crippen molar-refractivity contribution in [2.45, 2.75) is 51.5 Å². The van der Waals surface area contributed by atoms with E-state index in [9.17, 15) is 9.59 Å². The summed E-state index contributed by atoms with van der Waals surface area (Å²) in [6.45, 7) is 6.96. The van der Waals surface area contributed by atoms with Gasteiger partial charge < -0.3 is 24.2 Å². The van der Waals surface area contributed by atoms with Gasteiger partial charge in [0.25, 0.3) is 11.8 Å². The Morgan fingerprint density at radius 2 is 1.89 bits per heavy atom. The van der Waals surface area contributed by atoms with Crippen LogP contribution in [0.2, 0.25) is 0 Å². The lowest BCUT2D eigenvalue weighted by Crippen LogP contribution is -2.39. The normalized spacial score (nSPS) is 17.5. The van der Waals surface area contributed by atoms with Crippen molar-refractivity contribution < 1.29 is 23.6 Å². The second kappa shape index (κ2) is 8.75. The SMILES string of the molecule is Cn1nc(C(C)(C)C)cc1C(=O)N1CCCCC1c1cc(C(=O)Nc2ccc3c(c2)OCO3)no1. The Morgan fingerprint density at radius 1 is 1.09 bits per heavy atom. The number of hydrogen-bond donors (Lipinski definition) is 1. The number of benzene rings is 1. The highest BCUT2D eigenvalue weighted by Crippen LogP contribution is 2.35. The molecule has 35 heavy (non-hydrogen) atoms. The maximum atomic E-state index is 13.5. The quantitative estimate of drug-likeness (QED) is 0.601. The van der Waals surface area contributed by atoms with Crippen molar-refractivity contribution in [3.05, 3.63) is 53.2 Å². The number of piperidine rings is 1. The van der Waals surface area contributed by atoms with E-state index in [0.717, 1.165) is 25.0 Å². The molecule has 1 aromatic carbocycles. The molecule has 4 heterocycles. The highest BCUT2D eigenvalue weighted by Gasteiger charge is 2.34. The summed E-state index contributed by atoms with van der Waals surface area (Å²) in [5.41, 5.74) is 1.93. The second-order valence-electron chi connectivity index (χ2n) is 9.94. The van der Waals surface area contributed by atoms with E-state index in [1.165, 1.54) is 0 Å². The summed E-state index contributed by atoms with van der Waals surface area (Å²) in [4.78, 5) is 28.1. The van der Waals surface area contributed by atoms with Gasteiger partial charge in [-0.05, 0) is 37.5 Å². The maximum Gasteiger partial charge on any atom is 0.277 e. The van der Waals surface area contributed by atoms with Crippen molar-refractivity contribution in [1.29, 1.82) is 0 Å². The molecular formula is C25H29N5O5. The third-order valence-electron chi connectivity index (χ3n) is 6.35. The predicted octanol–water partition coefficient (Wildman–Crippen LogP) is 4.05. The van der Waals surface area contributed by atoms with Crippen molar-refractivity contribution >= 4 is 17.5 Å². The minimum Gasteiger partial charge on any atom is -0.454 e.